The molecule has 0 aliphatic heterocycles. The van der Waals surface area contributed by atoms with Crippen molar-refractivity contribution < 1.29 is 18.4 Å². The van der Waals surface area contributed by atoms with Crippen LogP contribution in [0, 0.1) is 10.1 Å². The fraction of sp³-hybridized carbons (Fsp3) is 0.455. The summed E-state index contributed by atoms with van der Waals surface area (Å²) in [6.45, 7) is 1.76. The Kier molecular flexibility index (Phi) is 5.40. The molecule has 0 aliphatic carbocycles. The highest BCUT2D eigenvalue weighted by atomic mass is 32.2. The lowest BCUT2D eigenvalue weighted by atomic mass is 10.2. The third-order valence-corrected chi connectivity index (χ3v) is 3.89. The Hall–Kier alpha value is -1.51. The Morgan fingerprint density at radius 2 is 2.16 bits per heavy atom. The maximum Gasteiger partial charge on any atom is 0.270 e. The van der Waals surface area contributed by atoms with Crippen molar-refractivity contribution in [1.29, 1.82) is 0 Å². The minimum atomic E-state index is -3.84. The second-order valence-corrected chi connectivity index (χ2v) is 5.82. The standard InChI is InChI=1S/C11H16N2O5S/c1-2-4-10(14)8-12-19(17,18)11-6-3-5-9(7-11)13(15)16/h3,5-7,10,12,14H,2,4,8H2,1H3. The van der Waals surface area contributed by atoms with E-state index in [9.17, 15) is 23.6 Å². The summed E-state index contributed by atoms with van der Waals surface area (Å²) in [5.74, 6) is 0. The number of hydrogen-bond acceptors (Lipinski definition) is 5. The minimum Gasteiger partial charge on any atom is -0.392 e. The van der Waals surface area contributed by atoms with Crippen LogP contribution in [0.3, 0.4) is 0 Å². The van der Waals surface area contributed by atoms with Gasteiger partial charge in [0.25, 0.3) is 5.69 Å². The molecule has 7 nitrogen and oxygen atoms in total. The van der Waals surface area contributed by atoms with Gasteiger partial charge in [-0.25, -0.2) is 13.1 Å². The van der Waals surface area contributed by atoms with E-state index in [1.807, 2.05) is 6.92 Å². The van der Waals surface area contributed by atoms with Crippen LogP contribution in [0.25, 0.3) is 0 Å². The molecule has 0 amide bonds. The fourth-order valence-electron chi connectivity index (χ4n) is 1.49. The number of aliphatic hydroxyl groups excluding tert-OH is 1. The van der Waals surface area contributed by atoms with Crippen molar-refractivity contribution in [2.45, 2.75) is 30.8 Å². The largest absolute Gasteiger partial charge is 0.392 e. The van der Waals surface area contributed by atoms with Gasteiger partial charge in [0, 0.05) is 18.7 Å². The predicted octanol–water partition coefficient (Wildman–Crippen LogP) is 1.03. The molecule has 0 spiro atoms. The molecule has 106 valence electrons. The summed E-state index contributed by atoms with van der Waals surface area (Å²) in [7, 11) is -3.84. The summed E-state index contributed by atoms with van der Waals surface area (Å²) >= 11 is 0. The van der Waals surface area contributed by atoms with Crippen molar-refractivity contribution in [3.63, 3.8) is 0 Å². The fourth-order valence-corrected chi connectivity index (χ4v) is 2.60. The maximum atomic E-state index is 11.9. The summed E-state index contributed by atoms with van der Waals surface area (Å²) in [4.78, 5) is 9.73. The Morgan fingerprint density at radius 3 is 2.74 bits per heavy atom. The zero-order valence-electron chi connectivity index (χ0n) is 10.4. The Balaban J connectivity index is 2.83. The lowest BCUT2D eigenvalue weighted by Crippen LogP contribution is -2.32. The van der Waals surface area contributed by atoms with Crippen LogP contribution in [0.2, 0.25) is 0 Å². The summed E-state index contributed by atoms with van der Waals surface area (Å²) < 4.78 is 26.0. The van der Waals surface area contributed by atoms with Crippen molar-refractivity contribution in [3.05, 3.63) is 34.4 Å². The second kappa shape index (κ2) is 6.60. The van der Waals surface area contributed by atoms with Crippen molar-refractivity contribution in [2.24, 2.45) is 0 Å². The van der Waals surface area contributed by atoms with Crippen LogP contribution in [0.5, 0.6) is 0 Å². The average Bonchev–Trinajstić information content (AvgIpc) is 2.37. The number of nitro groups is 1. The molecule has 0 saturated carbocycles. The molecule has 0 aliphatic rings. The van der Waals surface area contributed by atoms with Crippen LogP contribution in [-0.4, -0.2) is 31.1 Å². The van der Waals surface area contributed by atoms with E-state index >= 15 is 0 Å². The molecule has 0 bridgehead atoms. The van der Waals surface area contributed by atoms with Gasteiger partial charge in [-0.05, 0) is 12.5 Å². The summed E-state index contributed by atoms with van der Waals surface area (Å²) in [6.07, 6.45) is 0.454. The normalized spacial score (nSPS) is 13.2. The third-order valence-electron chi connectivity index (χ3n) is 2.47. The van der Waals surface area contributed by atoms with Gasteiger partial charge in [0.2, 0.25) is 10.0 Å². The number of nitro benzene ring substituents is 1. The molecule has 0 saturated heterocycles. The minimum absolute atomic E-state index is 0.112. The Labute approximate surface area is 111 Å². The smallest absolute Gasteiger partial charge is 0.270 e. The zero-order chi connectivity index (χ0) is 14.5. The number of rotatable bonds is 7. The first-order valence-electron chi connectivity index (χ1n) is 5.79. The highest BCUT2D eigenvalue weighted by molar-refractivity contribution is 7.89. The van der Waals surface area contributed by atoms with E-state index in [4.69, 9.17) is 0 Å². The number of hydrogen-bond donors (Lipinski definition) is 2. The van der Waals surface area contributed by atoms with Gasteiger partial charge in [-0.2, -0.15) is 0 Å². The van der Waals surface area contributed by atoms with Gasteiger partial charge in [-0.15, -0.1) is 0 Å². The molecule has 0 heterocycles. The number of sulfonamides is 1. The van der Waals surface area contributed by atoms with Gasteiger partial charge in [-0.3, -0.25) is 10.1 Å². The van der Waals surface area contributed by atoms with Gasteiger partial charge in [0.1, 0.15) is 0 Å². The van der Waals surface area contributed by atoms with Crippen LogP contribution < -0.4 is 4.72 Å². The highest BCUT2D eigenvalue weighted by Gasteiger charge is 2.18. The van der Waals surface area contributed by atoms with E-state index in [-0.39, 0.29) is 17.1 Å². The molecule has 1 unspecified atom stereocenters. The van der Waals surface area contributed by atoms with Gasteiger partial charge in [-0.1, -0.05) is 19.4 Å². The van der Waals surface area contributed by atoms with Crippen molar-refractivity contribution in [2.75, 3.05) is 6.54 Å². The molecular weight excluding hydrogens is 272 g/mol. The lowest BCUT2D eigenvalue weighted by molar-refractivity contribution is -0.385. The topological polar surface area (TPSA) is 110 Å². The van der Waals surface area contributed by atoms with Gasteiger partial charge in [0.05, 0.1) is 15.9 Å². The molecule has 0 fully saturated rings. The van der Waals surface area contributed by atoms with Gasteiger partial charge in [0.15, 0.2) is 0 Å². The maximum absolute atomic E-state index is 11.9. The first-order chi connectivity index (χ1) is 8.86. The van der Waals surface area contributed by atoms with Crippen LogP contribution in [0.15, 0.2) is 29.2 Å². The molecule has 1 aromatic rings. The number of non-ortho nitro benzene ring substituents is 1. The van der Waals surface area contributed by atoms with Crippen molar-refractivity contribution in [3.8, 4) is 0 Å². The molecule has 2 N–H and O–H groups in total. The van der Waals surface area contributed by atoms with E-state index in [0.717, 1.165) is 12.5 Å². The summed E-state index contributed by atoms with van der Waals surface area (Å²) in [6, 6.07) is 4.76. The van der Waals surface area contributed by atoms with Crippen molar-refractivity contribution >= 4 is 15.7 Å². The first-order valence-corrected chi connectivity index (χ1v) is 7.27. The monoisotopic (exact) mass is 288 g/mol. The SMILES string of the molecule is CCCC(O)CNS(=O)(=O)c1cccc([N+](=O)[O-])c1. The molecule has 0 radical (unpaired) electrons. The lowest BCUT2D eigenvalue weighted by Gasteiger charge is -2.11. The molecule has 1 rings (SSSR count). The molecule has 19 heavy (non-hydrogen) atoms. The Bertz CT molecular complexity index is 544. The van der Waals surface area contributed by atoms with Gasteiger partial charge >= 0.3 is 0 Å². The number of aliphatic hydroxyl groups is 1. The van der Waals surface area contributed by atoms with Crippen LogP contribution >= 0.6 is 0 Å². The number of benzene rings is 1. The van der Waals surface area contributed by atoms with E-state index in [0.29, 0.717) is 6.42 Å². The molecule has 1 atom stereocenters. The van der Waals surface area contributed by atoms with E-state index in [1.54, 1.807) is 0 Å². The molecule has 0 aromatic heterocycles. The summed E-state index contributed by atoms with van der Waals surface area (Å²) in [5.41, 5.74) is -0.294. The molecule has 8 heteroatoms. The van der Waals surface area contributed by atoms with Crippen LogP contribution in [0.1, 0.15) is 19.8 Å². The van der Waals surface area contributed by atoms with Gasteiger partial charge < -0.3 is 5.11 Å². The quantitative estimate of drug-likeness (QED) is 0.575. The predicted molar refractivity (Wildman–Crippen MR) is 69.2 cm³/mol. The van der Waals surface area contributed by atoms with E-state index in [2.05, 4.69) is 4.72 Å². The molecule has 1 aromatic carbocycles. The van der Waals surface area contributed by atoms with E-state index < -0.39 is 21.1 Å². The average molecular weight is 288 g/mol. The second-order valence-electron chi connectivity index (χ2n) is 4.05. The zero-order valence-corrected chi connectivity index (χ0v) is 11.3. The first kappa shape index (κ1) is 15.5. The van der Waals surface area contributed by atoms with E-state index in [1.165, 1.54) is 18.2 Å². The summed E-state index contributed by atoms with van der Waals surface area (Å²) in [5, 5.41) is 20.0. The number of nitrogens with one attached hydrogen (secondary N) is 1. The van der Waals surface area contributed by atoms with Crippen molar-refractivity contribution in [1.82, 2.24) is 4.72 Å². The third kappa shape index (κ3) is 4.58. The Morgan fingerprint density at radius 1 is 1.47 bits per heavy atom. The van der Waals surface area contributed by atoms with Crippen LogP contribution in [-0.2, 0) is 10.0 Å². The number of nitrogens with zero attached hydrogens (tertiary/aromatic N) is 1. The highest BCUT2D eigenvalue weighted by Crippen LogP contribution is 2.17. The van der Waals surface area contributed by atoms with Crippen LogP contribution in [0.4, 0.5) is 5.69 Å². The molecular formula is C11H16N2O5S.